The van der Waals surface area contributed by atoms with Crippen LogP contribution in [0.4, 0.5) is 4.39 Å². The highest BCUT2D eigenvalue weighted by molar-refractivity contribution is 9.10. The molecule has 0 unspecified atom stereocenters. The van der Waals surface area contributed by atoms with Gasteiger partial charge >= 0.3 is 5.97 Å². The highest BCUT2D eigenvalue weighted by atomic mass is 79.9. The molecule has 2 rings (SSSR count). The molecule has 0 amide bonds. The van der Waals surface area contributed by atoms with E-state index in [2.05, 4.69) is 20.9 Å². The summed E-state index contributed by atoms with van der Waals surface area (Å²) in [6, 6.07) is 4.50. The molecule has 0 aliphatic carbocycles. The number of hydrogen-bond acceptors (Lipinski definition) is 5. The summed E-state index contributed by atoms with van der Waals surface area (Å²) in [5.74, 6) is -1.37. The number of thiazole rings is 1. The second-order valence-electron chi connectivity index (χ2n) is 4.10. The molecular weight excluding hydrogens is 361 g/mol. The molecule has 0 bridgehead atoms. The van der Waals surface area contributed by atoms with Crippen molar-refractivity contribution in [2.45, 2.75) is 13.8 Å². The van der Waals surface area contributed by atoms with Crippen LogP contribution in [0.15, 0.2) is 22.7 Å². The van der Waals surface area contributed by atoms with Gasteiger partial charge in [0.25, 0.3) is 0 Å². The van der Waals surface area contributed by atoms with Crippen LogP contribution in [-0.4, -0.2) is 23.3 Å². The van der Waals surface area contributed by atoms with Crippen molar-refractivity contribution < 1.29 is 18.7 Å². The van der Waals surface area contributed by atoms with Crippen molar-refractivity contribution in [2.75, 3.05) is 6.61 Å². The molecule has 2 aromatic rings. The number of aromatic nitrogens is 1. The van der Waals surface area contributed by atoms with E-state index in [1.165, 1.54) is 13.0 Å². The van der Waals surface area contributed by atoms with Crippen molar-refractivity contribution in [3.63, 3.8) is 0 Å². The molecule has 0 saturated carbocycles. The molecule has 21 heavy (non-hydrogen) atoms. The van der Waals surface area contributed by atoms with Gasteiger partial charge in [-0.1, -0.05) is 6.07 Å². The second kappa shape index (κ2) is 6.44. The molecule has 1 heterocycles. The quantitative estimate of drug-likeness (QED) is 0.599. The van der Waals surface area contributed by atoms with Crippen LogP contribution in [0.3, 0.4) is 0 Å². The topological polar surface area (TPSA) is 56.3 Å². The van der Waals surface area contributed by atoms with E-state index in [0.29, 0.717) is 15.0 Å². The van der Waals surface area contributed by atoms with Crippen LogP contribution in [-0.2, 0) is 4.74 Å². The molecule has 1 aromatic carbocycles. The zero-order valence-corrected chi connectivity index (χ0v) is 13.7. The first-order valence-electron chi connectivity index (χ1n) is 6.08. The van der Waals surface area contributed by atoms with Crippen molar-refractivity contribution in [3.8, 4) is 10.6 Å². The number of halogens is 2. The molecule has 0 aliphatic heterocycles. The van der Waals surface area contributed by atoms with E-state index in [4.69, 9.17) is 4.74 Å². The Labute approximate surface area is 133 Å². The standard InChI is InChI=1S/C14H11BrFNO3S/c1-3-20-14(19)11-12(7(2)18)21-13(17-11)8-4-5-9(15)10(16)6-8/h4-6H,3H2,1-2H3. The van der Waals surface area contributed by atoms with Crippen molar-refractivity contribution in [1.29, 1.82) is 0 Å². The minimum absolute atomic E-state index is 0.0207. The molecule has 1 aromatic heterocycles. The Kier molecular flexibility index (Phi) is 4.84. The number of esters is 1. The van der Waals surface area contributed by atoms with Gasteiger partial charge in [0, 0.05) is 12.5 Å². The van der Waals surface area contributed by atoms with Gasteiger partial charge in [0.1, 0.15) is 15.7 Å². The number of hydrogen-bond donors (Lipinski definition) is 0. The second-order valence-corrected chi connectivity index (χ2v) is 5.96. The fourth-order valence-corrected chi connectivity index (χ4v) is 2.84. The lowest BCUT2D eigenvalue weighted by atomic mass is 10.2. The molecule has 4 nitrogen and oxygen atoms in total. The molecule has 7 heteroatoms. The predicted molar refractivity (Wildman–Crippen MR) is 81.2 cm³/mol. The molecule has 110 valence electrons. The Morgan fingerprint density at radius 1 is 1.43 bits per heavy atom. The fraction of sp³-hybridized carbons (Fsp3) is 0.214. The normalized spacial score (nSPS) is 10.5. The van der Waals surface area contributed by atoms with Crippen LogP contribution in [0.25, 0.3) is 10.6 Å². The number of ether oxygens (including phenoxy) is 1. The van der Waals surface area contributed by atoms with E-state index in [1.54, 1.807) is 19.1 Å². The molecule has 0 N–H and O–H groups in total. The van der Waals surface area contributed by atoms with E-state index in [-0.39, 0.29) is 23.0 Å². The summed E-state index contributed by atoms with van der Waals surface area (Å²) in [4.78, 5) is 27.8. The maximum atomic E-state index is 13.6. The van der Waals surface area contributed by atoms with Crippen LogP contribution in [0.2, 0.25) is 0 Å². The molecule has 0 saturated heterocycles. The van der Waals surface area contributed by atoms with E-state index in [0.717, 1.165) is 11.3 Å². The minimum atomic E-state index is -0.650. The van der Waals surface area contributed by atoms with Crippen molar-refractivity contribution in [2.24, 2.45) is 0 Å². The summed E-state index contributed by atoms with van der Waals surface area (Å²) in [5, 5.41) is 0.398. The highest BCUT2D eigenvalue weighted by Crippen LogP contribution is 2.31. The first-order chi connectivity index (χ1) is 9.93. The zero-order chi connectivity index (χ0) is 15.6. The van der Waals surface area contributed by atoms with Gasteiger partial charge < -0.3 is 4.74 Å². The van der Waals surface area contributed by atoms with Crippen LogP contribution in [0.5, 0.6) is 0 Å². The fourth-order valence-electron chi connectivity index (χ4n) is 1.65. The van der Waals surface area contributed by atoms with Gasteiger partial charge in [-0.3, -0.25) is 4.79 Å². The van der Waals surface area contributed by atoms with E-state index < -0.39 is 11.8 Å². The number of rotatable bonds is 4. The third-order valence-electron chi connectivity index (χ3n) is 2.58. The number of Topliss-reactive ketones (excluding diaryl/α,β-unsaturated/α-hetero) is 1. The number of benzene rings is 1. The van der Waals surface area contributed by atoms with E-state index in [1.807, 2.05) is 0 Å². The summed E-state index contributed by atoms with van der Waals surface area (Å²) < 4.78 is 18.8. The molecule has 0 fully saturated rings. The van der Waals surface area contributed by atoms with E-state index in [9.17, 15) is 14.0 Å². The summed E-state index contributed by atoms with van der Waals surface area (Å²) in [5.41, 5.74) is 0.478. The summed E-state index contributed by atoms with van der Waals surface area (Å²) in [6.07, 6.45) is 0. The van der Waals surface area contributed by atoms with Crippen LogP contribution in [0, 0.1) is 5.82 Å². The summed E-state index contributed by atoms with van der Waals surface area (Å²) >= 11 is 4.11. The number of carbonyl (C=O) groups is 2. The Bertz CT molecular complexity index is 714. The maximum absolute atomic E-state index is 13.6. The Balaban J connectivity index is 2.50. The van der Waals surface area contributed by atoms with Crippen LogP contribution in [0.1, 0.15) is 34.0 Å². The lowest BCUT2D eigenvalue weighted by molar-refractivity contribution is 0.0517. The van der Waals surface area contributed by atoms with Gasteiger partial charge in [0.2, 0.25) is 0 Å². The van der Waals surface area contributed by atoms with Crippen LogP contribution < -0.4 is 0 Å². The third-order valence-corrected chi connectivity index (χ3v) is 4.43. The van der Waals surface area contributed by atoms with Crippen molar-refractivity contribution in [1.82, 2.24) is 4.98 Å². The predicted octanol–water partition coefficient (Wildman–Crippen LogP) is 4.09. The Morgan fingerprint density at radius 3 is 2.71 bits per heavy atom. The summed E-state index contributed by atoms with van der Waals surface area (Å²) in [7, 11) is 0. The van der Waals surface area contributed by atoms with Crippen molar-refractivity contribution in [3.05, 3.63) is 39.1 Å². The highest BCUT2D eigenvalue weighted by Gasteiger charge is 2.23. The molecule has 0 radical (unpaired) electrons. The van der Waals surface area contributed by atoms with Gasteiger partial charge in [0.15, 0.2) is 11.5 Å². The van der Waals surface area contributed by atoms with E-state index >= 15 is 0 Å². The van der Waals surface area contributed by atoms with Gasteiger partial charge in [-0.2, -0.15) is 0 Å². The largest absolute Gasteiger partial charge is 0.461 e. The molecule has 0 spiro atoms. The Hall–Kier alpha value is -1.60. The SMILES string of the molecule is CCOC(=O)c1nc(-c2ccc(Br)c(F)c2)sc1C(C)=O. The maximum Gasteiger partial charge on any atom is 0.358 e. The minimum Gasteiger partial charge on any atom is -0.461 e. The number of ketones is 1. The van der Waals surface area contributed by atoms with Crippen molar-refractivity contribution >= 4 is 39.0 Å². The molecular formula is C14H11BrFNO3S. The third kappa shape index (κ3) is 3.36. The zero-order valence-electron chi connectivity index (χ0n) is 11.3. The van der Waals surface area contributed by atoms with Gasteiger partial charge in [-0.05, 0) is 35.0 Å². The lowest BCUT2D eigenvalue weighted by Gasteiger charge is -1.99. The average Bonchev–Trinajstić information content (AvgIpc) is 2.87. The van der Waals surface area contributed by atoms with Gasteiger partial charge in [0.05, 0.1) is 11.1 Å². The Morgan fingerprint density at radius 2 is 2.14 bits per heavy atom. The van der Waals surface area contributed by atoms with Gasteiger partial charge in [-0.25, -0.2) is 14.2 Å². The number of carbonyl (C=O) groups excluding carboxylic acids is 2. The average molecular weight is 372 g/mol. The monoisotopic (exact) mass is 371 g/mol. The van der Waals surface area contributed by atoms with Crippen LogP contribution >= 0.6 is 27.3 Å². The first-order valence-corrected chi connectivity index (χ1v) is 7.69. The smallest absolute Gasteiger partial charge is 0.358 e. The first kappa shape index (κ1) is 15.8. The molecule has 0 atom stereocenters. The lowest BCUT2D eigenvalue weighted by Crippen LogP contribution is -2.09. The molecule has 0 aliphatic rings. The number of nitrogens with zero attached hydrogens (tertiary/aromatic N) is 1. The summed E-state index contributed by atoms with van der Waals surface area (Å²) in [6.45, 7) is 3.21. The van der Waals surface area contributed by atoms with Gasteiger partial charge in [-0.15, -0.1) is 11.3 Å².